The van der Waals surface area contributed by atoms with Crippen molar-refractivity contribution in [2.45, 2.75) is 84.6 Å². The normalized spacial score (nSPS) is 23.0. The minimum atomic E-state index is -0.299. The number of benzene rings is 4. The number of carbonyl (C=O) groups is 2. The van der Waals surface area contributed by atoms with E-state index >= 15 is 0 Å². The van der Waals surface area contributed by atoms with Crippen LogP contribution in [0.1, 0.15) is 90.3 Å². The molecule has 3 saturated carbocycles. The third-order valence-corrected chi connectivity index (χ3v) is 15.2. The third kappa shape index (κ3) is 13.9. The molecule has 3 N–H and O–H groups in total. The lowest BCUT2D eigenvalue weighted by Gasteiger charge is -2.30. The van der Waals surface area contributed by atoms with E-state index in [0.717, 1.165) is 122 Å². The Kier molecular flexibility index (Phi) is 16.9. The van der Waals surface area contributed by atoms with Crippen molar-refractivity contribution in [3.05, 3.63) is 181 Å². The maximum absolute atomic E-state index is 12.7. The lowest BCUT2D eigenvalue weighted by molar-refractivity contribution is 0.179. The van der Waals surface area contributed by atoms with Gasteiger partial charge in [0.25, 0.3) is 0 Å². The summed E-state index contributed by atoms with van der Waals surface area (Å²) in [5, 5.41) is 3.23. The number of hydrogen-bond acceptors (Lipinski definition) is 5. The fraction of sp³-hybridized carbons (Fsp3) is 0.377. The van der Waals surface area contributed by atoms with E-state index in [1.165, 1.54) is 28.7 Å². The summed E-state index contributed by atoms with van der Waals surface area (Å²) < 4.78 is 7.98. The summed E-state index contributed by atoms with van der Waals surface area (Å²) >= 11 is 0. The van der Waals surface area contributed by atoms with Crippen molar-refractivity contribution in [3.63, 3.8) is 0 Å². The van der Waals surface area contributed by atoms with Crippen LogP contribution in [0.15, 0.2) is 159 Å². The maximum Gasteiger partial charge on any atom is 0.317 e. The quantitative estimate of drug-likeness (QED) is 0.133. The van der Waals surface area contributed by atoms with Crippen LogP contribution in [0.5, 0.6) is 11.6 Å². The van der Waals surface area contributed by atoms with Gasteiger partial charge in [0.15, 0.2) is 0 Å². The van der Waals surface area contributed by atoms with Crippen LogP contribution in [-0.4, -0.2) is 68.6 Å². The number of urea groups is 2. The Bertz CT molecular complexity index is 2750. The zero-order chi connectivity index (χ0) is 49.9. The molecule has 4 heterocycles. The van der Waals surface area contributed by atoms with Crippen molar-refractivity contribution >= 4 is 29.2 Å². The third-order valence-electron chi connectivity index (χ3n) is 15.2. The Morgan fingerprint density at radius 1 is 0.803 bits per heavy atom. The Morgan fingerprint density at radius 2 is 1.51 bits per heavy atom. The summed E-state index contributed by atoms with van der Waals surface area (Å²) in [5.74, 6) is 7.85. The Labute approximate surface area is 424 Å². The lowest BCUT2D eigenvalue weighted by Crippen LogP contribution is -2.44. The molecule has 6 atom stereocenters. The first-order valence-corrected chi connectivity index (χ1v) is 25.8. The fourth-order valence-electron chi connectivity index (χ4n) is 10.4. The van der Waals surface area contributed by atoms with Gasteiger partial charge < -0.3 is 25.6 Å². The first kappa shape index (κ1) is 50.4. The number of ether oxygens (including phenoxy) is 1. The smallest absolute Gasteiger partial charge is 0.317 e. The second kappa shape index (κ2) is 23.8. The SMILES string of the molecule is C=CC=C.CC1C(C)C1[C@@H]1CC1C.Cc1ccc(C2CC2NC(=O)N2CCC(=Cc3cccc(Oc4ccccn4)c3)CC2)cc1.NC(=O)N1CCC(Cc2cccc(-n3cnc4ccccc43)c2)CC1.[HH].[HH]. The number of nitrogens with zero attached hydrogens (tertiary/aromatic N) is 5. The molecule has 374 valence electrons. The van der Waals surface area contributed by atoms with E-state index in [1.54, 1.807) is 23.2 Å². The Hall–Kier alpha value is -6.94. The zero-order valence-corrected chi connectivity index (χ0v) is 42.2. The van der Waals surface area contributed by atoms with Gasteiger partial charge in [-0.25, -0.2) is 19.6 Å². The Morgan fingerprint density at radius 3 is 2.15 bits per heavy atom. The molecule has 2 aliphatic heterocycles. The van der Waals surface area contributed by atoms with Gasteiger partial charge >= 0.3 is 12.1 Å². The van der Waals surface area contributed by atoms with Crippen LogP contribution >= 0.6 is 0 Å². The molecule has 5 aliphatic rings. The van der Waals surface area contributed by atoms with Gasteiger partial charge in [-0.3, -0.25) is 4.57 Å². The van der Waals surface area contributed by atoms with Gasteiger partial charge in [0, 0.05) is 58.9 Å². The van der Waals surface area contributed by atoms with Crippen molar-refractivity contribution in [1.29, 1.82) is 0 Å². The van der Waals surface area contributed by atoms with Crippen molar-refractivity contribution in [2.24, 2.45) is 41.2 Å². The van der Waals surface area contributed by atoms with Gasteiger partial charge in [0.2, 0.25) is 5.88 Å². The van der Waals surface area contributed by atoms with Crippen LogP contribution in [0.4, 0.5) is 9.59 Å². The zero-order valence-electron chi connectivity index (χ0n) is 42.2. The predicted octanol–water partition coefficient (Wildman–Crippen LogP) is 13.7. The summed E-state index contributed by atoms with van der Waals surface area (Å²) in [5.41, 5.74) is 15.0. The molecule has 4 aromatic carbocycles. The standard InChI is InChI=1S/C28H29N3O2.C20H22N4O.C9H16.C4H6.2H2/c1-20-8-10-23(11-9-20)25-19-26(25)30-28(32)31-15-12-21(13-16-31)17-22-5-4-6-24(18-22)33-27-7-2-3-14-29-27;21-20(25)23-10-8-15(9-11-23)12-16-4-3-5-17(13-16)24-14-22-18-6-1-2-7-19(18)24;1-5-4-8(5)9-6(2)7(9)3;1-3-4-2;;/h2-11,14,17-18,25-26H,12-13,15-16,19H2,1H3,(H,30,32);1-7,13-15H,8-12H2,(H2,21,25);5-9H,4H2,1-3H3;3-4H,1-2H2;2*1H/t;;5?,6?,7?,8-,9?;;;/m..1.../s1. The molecule has 0 spiro atoms. The number of fused-ring (bicyclic) bond motifs is 1. The molecule has 5 fully saturated rings. The van der Waals surface area contributed by atoms with Crippen LogP contribution in [0.2, 0.25) is 0 Å². The number of primary amides is 1. The van der Waals surface area contributed by atoms with Crippen molar-refractivity contribution in [2.75, 3.05) is 26.2 Å². The van der Waals surface area contributed by atoms with Crippen molar-refractivity contribution < 1.29 is 17.2 Å². The Balaban J connectivity index is 0.000000190. The number of piperidine rings is 2. The number of amides is 4. The highest BCUT2D eigenvalue weighted by Crippen LogP contribution is 2.61. The lowest BCUT2D eigenvalue weighted by atomic mass is 9.90. The molecule has 3 aliphatic carbocycles. The average molecular weight is 956 g/mol. The topological polar surface area (TPSA) is 119 Å². The number of nitrogens with two attached hydrogens (primary N) is 1. The van der Waals surface area contributed by atoms with Gasteiger partial charge in [-0.2, -0.15) is 0 Å². The molecular formula is C61H77N7O3. The van der Waals surface area contributed by atoms with Gasteiger partial charge in [0.1, 0.15) is 12.1 Å². The number of aryl methyl sites for hydroxylation is 1. The summed E-state index contributed by atoms with van der Waals surface area (Å²) in [4.78, 5) is 36.4. The van der Waals surface area contributed by atoms with Crippen molar-refractivity contribution in [1.82, 2.24) is 29.7 Å². The molecular weight excluding hydrogens is 879 g/mol. The van der Waals surface area contributed by atoms with Crippen molar-refractivity contribution in [3.8, 4) is 17.3 Å². The van der Waals surface area contributed by atoms with E-state index in [0.29, 0.717) is 17.7 Å². The highest BCUT2D eigenvalue weighted by Gasteiger charge is 2.54. The molecule has 2 saturated heterocycles. The van der Waals surface area contributed by atoms with Gasteiger partial charge in [-0.1, -0.05) is 130 Å². The summed E-state index contributed by atoms with van der Waals surface area (Å²) in [6.45, 7) is 19.1. The van der Waals surface area contributed by atoms with E-state index < -0.39 is 0 Å². The molecule has 10 heteroatoms. The highest BCUT2D eigenvalue weighted by molar-refractivity contribution is 5.77. The predicted molar refractivity (Wildman–Crippen MR) is 293 cm³/mol. The molecule has 2 aromatic heterocycles. The molecule has 4 amide bonds. The van der Waals surface area contributed by atoms with Crippen LogP contribution in [0.3, 0.4) is 0 Å². The number of imidazole rings is 1. The van der Waals surface area contributed by atoms with E-state index in [4.69, 9.17) is 10.5 Å². The van der Waals surface area contributed by atoms with Crippen LogP contribution in [0.25, 0.3) is 22.8 Å². The largest absolute Gasteiger partial charge is 0.439 e. The van der Waals surface area contributed by atoms with Gasteiger partial charge in [-0.15, -0.1) is 0 Å². The number of rotatable bonds is 10. The van der Waals surface area contributed by atoms with E-state index in [2.05, 4.69) is 127 Å². The molecule has 6 aromatic rings. The molecule has 0 bridgehead atoms. The number of carbonyl (C=O) groups excluding carboxylic acids is 2. The van der Waals surface area contributed by atoms with Crippen LogP contribution in [-0.2, 0) is 6.42 Å². The summed E-state index contributed by atoms with van der Waals surface area (Å²) in [7, 11) is 0. The molecule has 5 unspecified atom stereocenters. The number of hydrogen-bond donors (Lipinski definition) is 2. The monoisotopic (exact) mass is 956 g/mol. The number of allylic oxidation sites excluding steroid dienone is 2. The highest BCUT2D eigenvalue weighted by atomic mass is 16.5. The molecule has 0 radical (unpaired) electrons. The van der Waals surface area contributed by atoms with Crippen LogP contribution < -0.4 is 15.8 Å². The maximum atomic E-state index is 12.7. The van der Waals surface area contributed by atoms with E-state index in [-0.39, 0.29) is 21.0 Å². The van der Waals surface area contributed by atoms with E-state index in [9.17, 15) is 9.59 Å². The molecule has 10 nitrogen and oxygen atoms in total. The number of pyridine rings is 1. The number of para-hydroxylation sites is 2. The fourth-order valence-corrected chi connectivity index (χ4v) is 10.4. The first-order valence-electron chi connectivity index (χ1n) is 25.8. The second-order valence-corrected chi connectivity index (χ2v) is 20.3. The number of nitrogens with one attached hydrogen (secondary N) is 1. The molecule has 71 heavy (non-hydrogen) atoms. The summed E-state index contributed by atoms with van der Waals surface area (Å²) in [6.07, 6.45) is 16.5. The van der Waals surface area contributed by atoms with Gasteiger partial charge in [0.05, 0.1) is 11.0 Å². The number of aromatic nitrogens is 3. The number of likely N-dealkylation sites (tertiary alicyclic amines) is 2. The van der Waals surface area contributed by atoms with Crippen LogP contribution in [0, 0.1) is 42.4 Å². The average Bonchev–Trinajstić information content (AvgIpc) is 4.35. The summed E-state index contributed by atoms with van der Waals surface area (Å²) in [6, 6.07) is 39.2. The second-order valence-electron chi connectivity index (χ2n) is 20.3. The first-order chi connectivity index (χ1) is 34.5. The van der Waals surface area contributed by atoms with E-state index in [1.807, 2.05) is 65.8 Å². The minimum absolute atomic E-state index is 0. The molecule has 11 rings (SSSR count). The minimum Gasteiger partial charge on any atom is -0.439 e. The van der Waals surface area contributed by atoms with Gasteiger partial charge in [-0.05, 0) is 147 Å².